The van der Waals surface area contributed by atoms with E-state index in [1.807, 2.05) is 0 Å². The predicted molar refractivity (Wildman–Crippen MR) is 110 cm³/mol. The Morgan fingerprint density at radius 1 is 0.600 bits per heavy atom. The fourth-order valence-electron chi connectivity index (χ4n) is 3.52. The van der Waals surface area contributed by atoms with Crippen molar-refractivity contribution in [2.75, 3.05) is 0 Å². The van der Waals surface area contributed by atoms with Crippen molar-refractivity contribution in [1.29, 1.82) is 0 Å². The Kier molecular flexibility index (Phi) is 3.85. The van der Waals surface area contributed by atoms with E-state index in [2.05, 4.69) is 0 Å². The van der Waals surface area contributed by atoms with Crippen LogP contribution >= 0.6 is 0 Å². The lowest BCUT2D eigenvalue weighted by molar-refractivity contribution is -0.384. The monoisotopic (exact) mass is 400 g/mol. The molecule has 2 aromatic heterocycles. The maximum absolute atomic E-state index is 11.3. The minimum Gasteiger partial charge on any atom is -0.456 e. The summed E-state index contributed by atoms with van der Waals surface area (Å²) in [5.74, 6) is 0.757. The van der Waals surface area contributed by atoms with E-state index in [-0.39, 0.29) is 11.4 Å². The molecule has 3 aromatic carbocycles. The molecule has 0 bridgehead atoms. The zero-order valence-corrected chi connectivity index (χ0v) is 15.3. The maximum atomic E-state index is 11.3. The van der Waals surface area contributed by atoms with Gasteiger partial charge in [-0.25, -0.2) is 0 Å². The summed E-state index contributed by atoms with van der Waals surface area (Å²) in [5, 5.41) is 24.0. The highest BCUT2D eigenvalue weighted by Gasteiger charge is 2.20. The first-order valence-corrected chi connectivity index (χ1v) is 8.96. The molecule has 0 atom stereocenters. The third kappa shape index (κ3) is 2.78. The van der Waals surface area contributed by atoms with Gasteiger partial charge < -0.3 is 8.83 Å². The normalized spacial score (nSPS) is 11.2. The standard InChI is InChI=1S/C22H12N2O6/c25-23(26)17-7-3-1-5-15(17)21-11-13-9-20-14(10-19(13)29-21)12-22(30-20)16-6-2-4-8-18(16)24(27)28/h1-12H. The van der Waals surface area contributed by atoms with Crippen molar-refractivity contribution in [2.45, 2.75) is 0 Å². The number of fused-ring (bicyclic) bond motifs is 2. The first-order chi connectivity index (χ1) is 14.5. The first-order valence-electron chi connectivity index (χ1n) is 8.96. The second kappa shape index (κ2) is 6.56. The van der Waals surface area contributed by atoms with E-state index in [9.17, 15) is 20.2 Å². The van der Waals surface area contributed by atoms with Crippen LogP contribution in [0.3, 0.4) is 0 Å². The average molecular weight is 400 g/mol. The number of nitro groups is 2. The summed E-state index contributed by atoms with van der Waals surface area (Å²) < 4.78 is 11.8. The first kappa shape index (κ1) is 17.6. The SMILES string of the molecule is O=[N+]([O-])c1ccccc1-c1cc2cc3oc(-c4ccccc4[N+](=O)[O-])cc3cc2o1. The second-order valence-electron chi connectivity index (χ2n) is 6.70. The highest BCUT2D eigenvalue weighted by atomic mass is 16.6. The number of nitro benzene ring substituents is 2. The third-order valence-corrected chi connectivity index (χ3v) is 4.89. The fraction of sp³-hybridized carbons (Fsp3) is 0. The number of nitrogens with zero attached hydrogens (tertiary/aromatic N) is 2. The van der Waals surface area contributed by atoms with Crippen LogP contribution in [0.15, 0.2) is 81.6 Å². The van der Waals surface area contributed by atoms with Gasteiger partial charge in [0, 0.05) is 22.9 Å². The summed E-state index contributed by atoms with van der Waals surface area (Å²) in [6, 6.07) is 19.7. The molecule has 8 nitrogen and oxygen atoms in total. The molecule has 8 heteroatoms. The number of para-hydroxylation sites is 2. The van der Waals surface area contributed by atoms with Crippen LogP contribution in [0.1, 0.15) is 0 Å². The van der Waals surface area contributed by atoms with Crippen molar-refractivity contribution in [3.8, 4) is 22.6 Å². The van der Waals surface area contributed by atoms with Crippen molar-refractivity contribution in [1.82, 2.24) is 0 Å². The largest absolute Gasteiger partial charge is 0.456 e. The lowest BCUT2D eigenvalue weighted by Gasteiger charge is -1.98. The van der Waals surface area contributed by atoms with E-state index in [1.54, 1.807) is 60.7 Å². The molecule has 0 fully saturated rings. The summed E-state index contributed by atoms with van der Waals surface area (Å²) >= 11 is 0. The maximum Gasteiger partial charge on any atom is 0.280 e. The second-order valence-corrected chi connectivity index (χ2v) is 6.70. The van der Waals surface area contributed by atoms with Crippen LogP contribution in [-0.4, -0.2) is 9.85 Å². The van der Waals surface area contributed by atoms with Gasteiger partial charge in [-0.2, -0.15) is 0 Å². The van der Waals surface area contributed by atoms with Crippen molar-refractivity contribution in [3.05, 3.63) is 93.0 Å². The highest BCUT2D eigenvalue weighted by Crippen LogP contribution is 2.38. The zero-order chi connectivity index (χ0) is 20.8. The van der Waals surface area contributed by atoms with Crippen LogP contribution in [-0.2, 0) is 0 Å². The van der Waals surface area contributed by atoms with Crippen LogP contribution in [0, 0.1) is 20.2 Å². The summed E-state index contributed by atoms with van der Waals surface area (Å²) in [6.45, 7) is 0. The lowest BCUT2D eigenvalue weighted by atomic mass is 10.1. The molecule has 0 saturated heterocycles. The van der Waals surface area contributed by atoms with E-state index in [0.717, 1.165) is 0 Å². The Bertz CT molecular complexity index is 1310. The van der Waals surface area contributed by atoms with Crippen molar-refractivity contribution in [3.63, 3.8) is 0 Å². The van der Waals surface area contributed by atoms with E-state index >= 15 is 0 Å². The van der Waals surface area contributed by atoms with Gasteiger partial charge in [0.25, 0.3) is 11.4 Å². The summed E-state index contributed by atoms with van der Waals surface area (Å²) in [5.41, 5.74) is 1.75. The molecular weight excluding hydrogens is 388 g/mol. The minimum atomic E-state index is -0.451. The molecule has 0 radical (unpaired) electrons. The number of hydrogen-bond acceptors (Lipinski definition) is 6. The molecule has 0 aliphatic carbocycles. The summed E-state index contributed by atoms with van der Waals surface area (Å²) in [4.78, 5) is 21.7. The molecular formula is C22H12N2O6. The molecule has 0 spiro atoms. The molecule has 0 N–H and O–H groups in total. The van der Waals surface area contributed by atoms with Crippen LogP contribution in [0.2, 0.25) is 0 Å². The smallest absolute Gasteiger partial charge is 0.280 e. The Labute approximate surface area is 168 Å². The predicted octanol–water partition coefficient (Wildman–Crippen LogP) is 6.33. The molecule has 0 aliphatic heterocycles. The summed E-state index contributed by atoms with van der Waals surface area (Å²) in [6.07, 6.45) is 0. The van der Waals surface area contributed by atoms with Gasteiger partial charge in [-0.1, -0.05) is 24.3 Å². The van der Waals surface area contributed by atoms with Gasteiger partial charge in [-0.3, -0.25) is 20.2 Å². The summed E-state index contributed by atoms with van der Waals surface area (Å²) in [7, 11) is 0. The van der Waals surface area contributed by atoms with E-state index in [1.165, 1.54) is 12.1 Å². The van der Waals surface area contributed by atoms with Gasteiger partial charge in [0.05, 0.1) is 21.0 Å². The molecule has 5 aromatic rings. The lowest BCUT2D eigenvalue weighted by Crippen LogP contribution is -1.90. The van der Waals surface area contributed by atoms with Gasteiger partial charge >= 0.3 is 0 Å². The molecule has 0 saturated carbocycles. The number of benzene rings is 3. The molecule has 0 unspecified atom stereocenters. The minimum absolute atomic E-state index is 0.0427. The van der Waals surface area contributed by atoms with Crippen LogP contribution < -0.4 is 0 Å². The van der Waals surface area contributed by atoms with Crippen molar-refractivity contribution in [2.24, 2.45) is 0 Å². The Hall–Kier alpha value is -4.46. The third-order valence-electron chi connectivity index (χ3n) is 4.89. The molecule has 2 heterocycles. The Morgan fingerprint density at radius 3 is 1.40 bits per heavy atom. The Balaban J connectivity index is 1.64. The van der Waals surface area contributed by atoms with E-state index in [0.29, 0.717) is 44.6 Å². The fourth-order valence-corrected chi connectivity index (χ4v) is 3.52. The van der Waals surface area contributed by atoms with Gasteiger partial charge in [-0.05, 0) is 36.4 Å². The van der Waals surface area contributed by atoms with E-state index in [4.69, 9.17) is 8.83 Å². The number of rotatable bonds is 4. The number of hydrogen-bond donors (Lipinski definition) is 0. The molecule has 0 aliphatic rings. The van der Waals surface area contributed by atoms with Crippen LogP contribution in [0.25, 0.3) is 44.6 Å². The van der Waals surface area contributed by atoms with Crippen LogP contribution in [0.4, 0.5) is 11.4 Å². The van der Waals surface area contributed by atoms with Gasteiger partial charge in [0.1, 0.15) is 22.7 Å². The molecule has 0 amide bonds. The number of furan rings is 2. The quantitative estimate of drug-likeness (QED) is 0.257. The van der Waals surface area contributed by atoms with Crippen molar-refractivity contribution < 1.29 is 18.7 Å². The Morgan fingerprint density at radius 2 is 1.00 bits per heavy atom. The topological polar surface area (TPSA) is 113 Å². The molecule has 30 heavy (non-hydrogen) atoms. The van der Waals surface area contributed by atoms with Crippen LogP contribution in [0.5, 0.6) is 0 Å². The van der Waals surface area contributed by atoms with Crippen molar-refractivity contribution >= 4 is 33.3 Å². The highest BCUT2D eigenvalue weighted by molar-refractivity contribution is 5.97. The van der Waals surface area contributed by atoms with Gasteiger partial charge in [0.15, 0.2) is 0 Å². The average Bonchev–Trinajstić information content (AvgIpc) is 3.34. The van der Waals surface area contributed by atoms with Gasteiger partial charge in [0.2, 0.25) is 0 Å². The zero-order valence-electron chi connectivity index (χ0n) is 15.3. The molecule has 5 rings (SSSR count). The van der Waals surface area contributed by atoms with E-state index < -0.39 is 9.85 Å². The van der Waals surface area contributed by atoms with Gasteiger partial charge in [-0.15, -0.1) is 0 Å². The molecule has 146 valence electrons.